The SMILES string of the molecule is Cc1cc(-c2ccc(OC3CN(Cc4ccc(C(F)(F)F)cc4)C3)cn2)ccc1C(=O)NCCO. The minimum absolute atomic E-state index is 0.00365. The maximum Gasteiger partial charge on any atom is 0.416 e. The van der Waals surface area contributed by atoms with Crippen molar-refractivity contribution < 1.29 is 27.8 Å². The third kappa shape index (κ3) is 6.17. The number of halogens is 3. The number of rotatable bonds is 8. The summed E-state index contributed by atoms with van der Waals surface area (Å²) in [6.07, 6.45) is -2.67. The summed E-state index contributed by atoms with van der Waals surface area (Å²) in [5.74, 6) is 0.414. The number of carbonyl (C=O) groups is 1. The molecule has 1 fully saturated rings. The first-order valence-corrected chi connectivity index (χ1v) is 11.2. The van der Waals surface area contributed by atoms with Gasteiger partial charge in [0, 0.05) is 37.3 Å². The number of hydrogen-bond acceptors (Lipinski definition) is 5. The number of nitrogens with zero attached hydrogens (tertiary/aromatic N) is 2. The average Bonchev–Trinajstić information content (AvgIpc) is 2.81. The minimum atomic E-state index is -4.32. The molecule has 1 amide bonds. The smallest absolute Gasteiger partial charge is 0.416 e. The van der Waals surface area contributed by atoms with Gasteiger partial charge in [0.25, 0.3) is 5.91 Å². The molecule has 2 aromatic carbocycles. The van der Waals surface area contributed by atoms with Crippen LogP contribution in [0.4, 0.5) is 13.2 Å². The van der Waals surface area contributed by atoms with Crippen LogP contribution in [0.3, 0.4) is 0 Å². The van der Waals surface area contributed by atoms with Crippen LogP contribution in [0.2, 0.25) is 0 Å². The summed E-state index contributed by atoms with van der Waals surface area (Å²) in [5.41, 5.74) is 3.17. The van der Waals surface area contributed by atoms with Crippen molar-refractivity contribution >= 4 is 5.91 Å². The largest absolute Gasteiger partial charge is 0.486 e. The molecule has 6 nitrogen and oxygen atoms in total. The zero-order chi connectivity index (χ0) is 25.0. The fourth-order valence-electron chi connectivity index (χ4n) is 3.94. The molecule has 0 bridgehead atoms. The summed E-state index contributed by atoms with van der Waals surface area (Å²) in [4.78, 5) is 18.7. The molecule has 4 rings (SSSR count). The summed E-state index contributed by atoms with van der Waals surface area (Å²) in [7, 11) is 0. The molecule has 2 N–H and O–H groups in total. The van der Waals surface area contributed by atoms with E-state index in [0.29, 0.717) is 30.9 Å². The van der Waals surface area contributed by atoms with E-state index in [1.54, 1.807) is 12.3 Å². The van der Waals surface area contributed by atoms with E-state index in [9.17, 15) is 18.0 Å². The molecule has 0 radical (unpaired) electrons. The lowest BCUT2D eigenvalue weighted by atomic mass is 10.0. The van der Waals surface area contributed by atoms with Crippen LogP contribution < -0.4 is 10.1 Å². The van der Waals surface area contributed by atoms with E-state index in [1.165, 1.54) is 12.1 Å². The third-order valence-electron chi connectivity index (χ3n) is 5.81. The number of ether oxygens (including phenoxy) is 1. The van der Waals surface area contributed by atoms with Crippen LogP contribution in [-0.4, -0.2) is 53.2 Å². The Hall–Kier alpha value is -3.43. The monoisotopic (exact) mass is 485 g/mol. The number of aliphatic hydroxyl groups is 1. The molecule has 0 spiro atoms. The molecule has 0 saturated carbocycles. The molecule has 1 aromatic heterocycles. The van der Waals surface area contributed by atoms with Crippen LogP contribution in [0.25, 0.3) is 11.3 Å². The van der Waals surface area contributed by atoms with Gasteiger partial charge in [0.15, 0.2) is 0 Å². The molecular weight excluding hydrogens is 459 g/mol. The normalized spacial score (nSPS) is 14.4. The van der Waals surface area contributed by atoms with E-state index < -0.39 is 11.7 Å². The third-order valence-corrected chi connectivity index (χ3v) is 5.81. The van der Waals surface area contributed by atoms with Crippen molar-refractivity contribution in [1.82, 2.24) is 15.2 Å². The van der Waals surface area contributed by atoms with Crippen molar-refractivity contribution in [2.45, 2.75) is 25.7 Å². The average molecular weight is 486 g/mol. The zero-order valence-corrected chi connectivity index (χ0v) is 19.2. The minimum Gasteiger partial charge on any atom is -0.486 e. The fraction of sp³-hybridized carbons (Fsp3) is 0.308. The van der Waals surface area contributed by atoms with E-state index in [-0.39, 0.29) is 25.2 Å². The van der Waals surface area contributed by atoms with Crippen LogP contribution in [0.1, 0.15) is 27.0 Å². The van der Waals surface area contributed by atoms with Gasteiger partial charge in [-0.2, -0.15) is 13.2 Å². The summed E-state index contributed by atoms with van der Waals surface area (Å²) in [6, 6.07) is 14.4. The molecule has 184 valence electrons. The standard InChI is InChI=1S/C26H26F3N3O3/c1-17-12-19(4-8-23(17)25(34)30-10-11-33)24-9-7-21(13-31-24)35-22-15-32(16-22)14-18-2-5-20(6-3-18)26(27,28)29/h2-9,12-13,22,33H,10-11,14-16H2,1H3,(H,30,34). The Labute approximate surface area is 201 Å². The molecule has 35 heavy (non-hydrogen) atoms. The van der Waals surface area contributed by atoms with E-state index in [4.69, 9.17) is 9.84 Å². The molecule has 0 atom stereocenters. The van der Waals surface area contributed by atoms with Crippen LogP contribution in [0.15, 0.2) is 60.8 Å². The predicted octanol–water partition coefficient (Wildman–Crippen LogP) is 4.06. The van der Waals surface area contributed by atoms with E-state index in [1.807, 2.05) is 31.2 Å². The second kappa shape index (κ2) is 10.5. The van der Waals surface area contributed by atoms with E-state index in [0.717, 1.165) is 34.5 Å². The highest BCUT2D eigenvalue weighted by Gasteiger charge is 2.31. The van der Waals surface area contributed by atoms with E-state index in [2.05, 4.69) is 15.2 Å². The van der Waals surface area contributed by atoms with Gasteiger partial charge in [-0.05, 0) is 54.4 Å². The predicted molar refractivity (Wildman–Crippen MR) is 125 cm³/mol. The second-order valence-electron chi connectivity index (χ2n) is 8.52. The van der Waals surface area contributed by atoms with Crippen LogP contribution >= 0.6 is 0 Å². The van der Waals surface area contributed by atoms with Gasteiger partial charge in [-0.1, -0.05) is 18.2 Å². The number of alkyl halides is 3. The Kier molecular flexibility index (Phi) is 7.37. The van der Waals surface area contributed by atoms with Crippen LogP contribution in [0, 0.1) is 6.92 Å². The second-order valence-corrected chi connectivity index (χ2v) is 8.52. The van der Waals surface area contributed by atoms with Crippen LogP contribution in [-0.2, 0) is 12.7 Å². The number of aryl methyl sites for hydroxylation is 1. The molecule has 1 aliphatic heterocycles. The highest BCUT2D eigenvalue weighted by molar-refractivity contribution is 5.96. The zero-order valence-electron chi connectivity index (χ0n) is 19.2. The van der Waals surface area contributed by atoms with Gasteiger partial charge >= 0.3 is 6.18 Å². The highest BCUT2D eigenvalue weighted by atomic mass is 19.4. The first-order chi connectivity index (χ1) is 16.7. The number of hydrogen-bond donors (Lipinski definition) is 2. The molecule has 2 heterocycles. The van der Waals surface area contributed by atoms with Crippen molar-refractivity contribution in [2.24, 2.45) is 0 Å². The summed E-state index contributed by atoms with van der Waals surface area (Å²) in [6.45, 7) is 3.88. The van der Waals surface area contributed by atoms with Gasteiger partial charge in [-0.15, -0.1) is 0 Å². The van der Waals surface area contributed by atoms with E-state index >= 15 is 0 Å². The number of aliphatic hydroxyl groups excluding tert-OH is 1. The number of aromatic nitrogens is 1. The molecule has 0 unspecified atom stereocenters. The number of amides is 1. The number of likely N-dealkylation sites (tertiary alicyclic amines) is 1. The summed E-state index contributed by atoms with van der Waals surface area (Å²) >= 11 is 0. The molecule has 9 heteroatoms. The Bertz CT molecular complexity index is 1160. The van der Waals surface area contributed by atoms with Gasteiger partial charge in [0.1, 0.15) is 11.9 Å². The molecule has 1 saturated heterocycles. The lowest BCUT2D eigenvalue weighted by Gasteiger charge is -2.39. The molecule has 1 aliphatic rings. The van der Waals surface area contributed by atoms with Crippen molar-refractivity contribution in [1.29, 1.82) is 0 Å². The maximum absolute atomic E-state index is 12.7. The highest BCUT2D eigenvalue weighted by Crippen LogP contribution is 2.30. The first kappa shape index (κ1) is 24.7. The topological polar surface area (TPSA) is 74.7 Å². The summed E-state index contributed by atoms with van der Waals surface area (Å²) < 4.78 is 44.0. The molecule has 0 aliphatic carbocycles. The Morgan fingerprint density at radius 2 is 1.89 bits per heavy atom. The van der Waals surface area contributed by atoms with Gasteiger partial charge in [0.05, 0.1) is 24.1 Å². The Morgan fingerprint density at radius 1 is 1.14 bits per heavy atom. The van der Waals surface area contributed by atoms with Gasteiger partial charge < -0.3 is 15.2 Å². The fourth-order valence-corrected chi connectivity index (χ4v) is 3.94. The molecular formula is C26H26F3N3O3. The van der Waals surface area contributed by atoms with Crippen molar-refractivity contribution in [2.75, 3.05) is 26.2 Å². The van der Waals surface area contributed by atoms with Crippen LogP contribution in [0.5, 0.6) is 5.75 Å². The van der Waals surface area contributed by atoms with Gasteiger partial charge in [0.2, 0.25) is 0 Å². The number of carbonyl (C=O) groups excluding carboxylic acids is 1. The Morgan fingerprint density at radius 3 is 2.49 bits per heavy atom. The quantitative estimate of drug-likeness (QED) is 0.504. The first-order valence-electron chi connectivity index (χ1n) is 11.2. The Balaban J connectivity index is 1.28. The lowest BCUT2D eigenvalue weighted by molar-refractivity contribution is -0.137. The van der Waals surface area contributed by atoms with Gasteiger partial charge in [-0.3, -0.25) is 14.7 Å². The summed E-state index contributed by atoms with van der Waals surface area (Å²) in [5, 5.41) is 11.5. The lowest BCUT2D eigenvalue weighted by Crippen LogP contribution is -2.53. The number of benzene rings is 2. The van der Waals surface area contributed by atoms with Crippen molar-refractivity contribution in [3.8, 4) is 17.0 Å². The van der Waals surface area contributed by atoms with Crippen molar-refractivity contribution in [3.05, 3.63) is 83.0 Å². The number of pyridine rings is 1. The molecule has 3 aromatic rings. The maximum atomic E-state index is 12.7. The number of nitrogens with one attached hydrogen (secondary N) is 1. The van der Waals surface area contributed by atoms with Gasteiger partial charge in [-0.25, -0.2) is 0 Å². The van der Waals surface area contributed by atoms with Crippen molar-refractivity contribution in [3.63, 3.8) is 0 Å².